The summed E-state index contributed by atoms with van der Waals surface area (Å²) >= 11 is 1.57. The average Bonchev–Trinajstić information content (AvgIpc) is 2.98. The number of ether oxygens (including phenoxy) is 2. The number of nitrogens with zero attached hydrogens (tertiary/aromatic N) is 2. The predicted molar refractivity (Wildman–Crippen MR) is 134 cm³/mol. The number of rotatable bonds is 7. The van der Waals surface area contributed by atoms with Gasteiger partial charge in [0.1, 0.15) is 11.8 Å². The zero-order chi connectivity index (χ0) is 24.1. The van der Waals surface area contributed by atoms with E-state index in [1.54, 1.807) is 23.8 Å². The van der Waals surface area contributed by atoms with E-state index >= 15 is 0 Å². The molecule has 8 heteroatoms. The van der Waals surface area contributed by atoms with Crippen molar-refractivity contribution in [1.29, 1.82) is 0 Å². The van der Waals surface area contributed by atoms with E-state index < -0.39 is 6.10 Å². The van der Waals surface area contributed by atoms with Gasteiger partial charge in [0.2, 0.25) is 0 Å². The van der Waals surface area contributed by atoms with Crippen LogP contribution in [0.2, 0.25) is 0 Å². The average molecular weight is 484 g/mol. The van der Waals surface area contributed by atoms with Crippen LogP contribution in [0.5, 0.6) is 5.75 Å². The minimum atomic E-state index is -0.941. The zero-order valence-electron chi connectivity index (χ0n) is 20.0. The summed E-state index contributed by atoms with van der Waals surface area (Å²) in [5.41, 5.74) is 1.77. The Kier molecular flexibility index (Phi) is 8.13. The van der Waals surface area contributed by atoms with Crippen LogP contribution >= 0.6 is 11.8 Å². The maximum atomic E-state index is 14.0. The van der Waals surface area contributed by atoms with Crippen molar-refractivity contribution in [2.75, 3.05) is 45.7 Å². The number of piperidine rings is 1. The van der Waals surface area contributed by atoms with E-state index in [9.17, 15) is 9.59 Å². The molecule has 2 heterocycles. The Labute approximate surface area is 205 Å². The third-order valence-corrected chi connectivity index (χ3v) is 7.62. The van der Waals surface area contributed by atoms with Crippen LogP contribution in [-0.2, 0) is 14.3 Å². The van der Waals surface area contributed by atoms with Crippen molar-refractivity contribution >= 4 is 29.3 Å². The second kappa shape index (κ2) is 11.3. The van der Waals surface area contributed by atoms with Gasteiger partial charge in [0.25, 0.3) is 5.91 Å². The Morgan fingerprint density at radius 1 is 1.15 bits per heavy atom. The van der Waals surface area contributed by atoms with Gasteiger partial charge in [-0.05, 0) is 63.3 Å². The largest absolute Gasteiger partial charge is 0.497 e. The monoisotopic (exact) mass is 483 g/mol. The summed E-state index contributed by atoms with van der Waals surface area (Å²) < 4.78 is 11.4. The number of carbonyl (C=O) groups is 2. The lowest BCUT2D eigenvalue weighted by Gasteiger charge is -2.30. The predicted octanol–water partition coefficient (Wildman–Crippen LogP) is 3.49. The molecule has 1 N–H and O–H groups in total. The van der Waals surface area contributed by atoms with Crippen LogP contribution in [0.4, 0.5) is 5.69 Å². The number of esters is 1. The molecular formula is C26H33N3O4S. The van der Waals surface area contributed by atoms with Gasteiger partial charge >= 0.3 is 5.97 Å². The van der Waals surface area contributed by atoms with Crippen LogP contribution in [-0.4, -0.2) is 69.8 Å². The molecule has 1 amide bonds. The molecule has 4 rings (SSSR count). The molecule has 0 bridgehead atoms. The van der Waals surface area contributed by atoms with Crippen molar-refractivity contribution in [3.8, 4) is 5.75 Å². The SMILES string of the molecule is COc1ccc(C2Sc3ccccc3N(CCN(C)C)C(=O)C2OC(=O)C2CCCCN2)cc1. The Morgan fingerprint density at radius 2 is 1.91 bits per heavy atom. The van der Waals surface area contributed by atoms with Gasteiger partial charge in [-0.25, -0.2) is 0 Å². The number of fused-ring (bicyclic) bond motifs is 1. The molecule has 1 fully saturated rings. The maximum absolute atomic E-state index is 14.0. The van der Waals surface area contributed by atoms with Crippen LogP contribution in [0.1, 0.15) is 30.1 Å². The van der Waals surface area contributed by atoms with Crippen LogP contribution in [0.3, 0.4) is 0 Å². The lowest BCUT2D eigenvalue weighted by molar-refractivity contribution is -0.157. The second-order valence-electron chi connectivity index (χ2n) is 8.93. The topological polar surface area (TPSA) is 71.1 Å². The number of carbonyl (C=O) groups excluding carboxylic acids is 2. The van der Waals surface area contributed by atoms with E-state index in [1.807, 2.05) is 67.5 Å². The first kappa shape index (κ1) is 24.6. The number of nitrogens with one attached hydrogen (secondary N) is 1. The van der Waals surface area contributed by atoms with Gasteiger partial charge in [0.15, 0.2) is 6.10 Å². The number of benzene rings is 2. The fourth-order valence-electron chi connectivity index (χ4n) is 4.32. The summed E-state index contributed by atoms with van der Waals surface area (Å²) in [7, 11) is 5.59. The fraction of sp³-hybridized carbons (Fsp3) is 0.462. The number of likely N-dealkylation sites (N-methyl/N-ethyl adjacent to an activating group) is 1. The third kappa shape index (κ3) is 5.56. The van der Waals surface area contributed by atoms with Gasteiger partial charge in [0, 0.05) is 18.0 Å². The summed E-state index contributed by atoms with van der Waals surface area (Å²) in [6.07, 6.45) is 1.81. The minimum Gasteiger partial charge on any atom is -0.497 e. The van der Waals surface area contributed by atoms with E-state index in [1.165, 1.54) is 0 Å². The first-order valence-corrected chi connectivity index (χ1v) is 12.7. The van der Waals surface area contributed by atoms with Gasteiger partial charge in [-0.1, -0.05) is 30.7 Å². The van der Waals surface area contributed by atoms with Crippen molar-refractivity contribution in [2.45, 2.75) is 41.6 Å². The number of thioether (sulfide) groups is 1. The highest BCUT2D eigenvalue weighted by Gasteiger charge is 2.42. The molecule has 0 aromatic heterocycles. The maximum Gasteiger partial charge on any atom is 0.323 e. The van der Waals surface area contributed by atoms with E-state index in [4.69, 9.17) is 9.47 Å². The van der Waals surface area contributed by atoms with Crippen LogP contribution < -0.4 is 15.0 Å². The highest BCUT2D eigenvalue weighted by molar-refractivity contribution is 7.99. The van der Waals surface area contributed by atoms with Crippen LogP contribution in [0, 0.1) is 0 Å². The van der Waals surface area contributed by atoms with E-state index in [0.717, 1.165) is 47.7 Å². The van der Waals surface area contributed by atoms with Crippen molar-refractivity contribution < 1.29 is 19.1 Å². The summed E-state index contributed by atoms with van der Waals surface area (Å²) in [6.45, 7) is 1.99. The summed E-state index contributed by atoms with van der Waals surface area (Å²) in [5.74, 6) is 0.196. The molecule has 2 aromatic rings. The molecule has 0 saturated carbocycles. The fourth-order valence-corrected chi connectivity index (χ4v) is 5.64. The third-order valence-electron chi connectivity index (χ3n) is 6.25. The normalized spacial score (nSPS) is 22.8. The highest BCUT2D eigenvalue weighted by Crippen LogP contribution is 2.47. The molecule has 3 unspecified atom stereocenters. The van der Waals surface area contributed by atoms with Gasteiger partial charge in [-0.3, -0.25) is 9.59 Å². The Hall–Kier alpha value is -2.55. The first-order chi connectivity index (χ1) is 16.5. The van der Waals surface area contributed by atoms with Crippen molar-refractivity contribution in [3.05, 3.63) is 54.1 Å². The standard InChI is InChI=1S/C26H33N3O4S/c1-28(2)16-17-29-21-9-4-5-10-22(21)34-24(18-11-13-19(32-3)14-12-18)23(25(29)30)33-26(31)20-8-6-7-15-27-20/h4-5,9-14,20,23-24,27H,6-8,15-17H2,1-3H3. The molecule has 1 saturated heterocycles. The summed E-state index contributed by atoms with van der Waals surface area (Å²) in [5, 5.41) is 2.87. The Bertz CT molecular complexity index is 992. The number of hydrogen-bond donors (Lipinski definition) is 1. The molecule has 3 atom stereocenters. The van der Waals surface area contributed by atoms with Gasteiger partial charge in [-0.15, -0.1) is 11.8 Å². The molecular weight excluding hydrogens is 450 g/mol. The van der Waals surface area contributed by atoms with Crippen molar-refractivity contribution in [1.82, 2.24) is 10.2 Å². The van der Waals surface area contributed by atoms with Crippen molar-refractivity contribution in [2.24, 2.45) is 0 Å². The highest BCUT2D eigenvalue weighted by atomic mass is 32.2. The molecule has 0 spiro atoms. The smallest absolute Gasteiger partial charge is 0.323 e. The van der Waals surface area contributed by atoms with Gasteiger partial charge < -0.3 is 24.6 Å². The minimum absolute atomic E-state index is 0.190. The zero-order valence-corrected chi connectivity index (χ0v) is 20.8. The van der Waals surface area contributed by atoms with Crippen LogP contribution in [0.15, 0.2) is 53.4 Å². The summed E-state index contributed by atoms with van der Waals surface area (Å²) in [4.78, 5) is 32.0. The first-order valence-electron chi connectivity index (χ1n) is 11.8. The number of methoxy groups -OCH3 is 1. The van der Waals surface area contributed by atoms with Crippen LogP contribution in [0.25, 0.3) is 0 Å². The second-order valence-corrected chi connectivity index (χ2v) is 10.1. The lowest BCUT2D eigenvalue weighted by Crippen LogP contribution is -2.48. The number of amides is 1. The van der Waals surface area contributed by atoms with Gasteiger partial charge in [0.05, 0.1) is 18.0 Å². The molecule has 0 radical (unpaired) electrons. The molecule has 7 nitrogen and oxygen atoms in total. The number of anilines is 1. The number of hydrogen-bond acceptors (Lipinski definition) is 7. The summed E-state index contributed by atoms with van der Waals surface area (Å²) in [6, 6.07) is 15.2. The Balaban J connectivity index is 1.72. The molecule has 34 heavy (non-hydrogen) atoms. The number of para-hydroxylation sites is 1. The van der Waals surface area contributed by atoms with Gasteiger partial charge in [-0.2, -0.15) is 0 Å². The van der Waals surface area contributed by atoms with E-state index in [0.29, 0.717) is 13.1 Å². The van der Waals surface area contributed by atoms with E-state index in [-0.39, 0.29) is 23.2 Å². The molecule has 2 aromatic carbocycles. The Morgan fingerprint density at radius 3 is 2.59 bits per heavy atom. The quantitative estimate of drug-likeness (QED) is 0.605. The van der Waals surface area contributed by atoms with Crippen molar-refractivity contribution in [3.63, 3.8) is 0 Å². The molecule has 2 aliphatic heterocycles. The molecule has 2 aliphatic rings. The van der Waals surface area contributed by atoms with E-state index in [2.05, 4.69) is 5.32 Å². The lowest BCUT2D eigenvalue weighted by atomic mass is 10.0. The molecule has 0 aliphatic carbocycles. The molecule has 182 valence electrons.